The lowest BCUT2D eigenvalue weighted by Crippen LogP contribution is -2.52. The van der Waals surface area contributed by atoms with Gasteiger partial charge in [-0.15, -0.1) is 0 Å². The molecule has 4 rings (SSSR count). The van der Waals surface area contributed by atoms with E-state index in [4.69, 9.17) is 5.26 Å². The zero-order valence-electron chi connectivity index (χ0n) is 17.2. The van der Waals surface area contributed by atoms with Crippen LogP contribution < -0.4 is 10.3 Å². The summed E-state index contributed by atoms with van der Waals surface area (Å²) in [6.45, 7) is 6.29. The predicted molar refractivity (Wildman–Crippen MR) is 112 cm³/mol. The lowest BCUT2D eigenvalue weighted by molar-refractivity contribution is 0.0695. The van der Waals surface area contributed by atoms with Crippen molar-refractivity contribution in [3.8, 4) is 6.07 Å². The first-order valence-electron chi connectivity index (χ1n) is 10.3. The summed E-state index contributed by atoms with van der Waals surface area (Å²) < 4.78 is 17.2. The summed E-state index contributed by atoms with van der Waals surface area (Å²) in [7, 11) is 0. The van der Waals surface area contributed by atoms with E-state index in [0.29, 0.717) is 37.3 Å². The summed E-state index contributed by atoms with van der Waals surface area (Å²) >= 11 is 0. The van der Waals surface area contributed by atoms with Crippen molar-refractivity contribution < 1.29 is 14.3 Å². The fourth-order valence-corrected chi connectivity index (χ4v) is 4.43. The van der Waals surface area contributed by atoms with Crippen LogP contribution in [0.3, 0.4) is 0 Å². The molecule has 1 unspecified atom stereocenters. The second kappa shape index (κ2) is 7.73. The van der Waals surface area contributed by atoms with Crippen molar-refractivity contribution in [2.75, 3.05) is 31.1 Å². The topological polar surface area (TPSA) is 89.6 Å². The highest BCUT2D eigenvalue weighted by atomic mass is 19.1. The van der Waals surface area contributed by atoms with Crippen molar-refractivity contribution >= 4 is 22.6 Å². The van der Waals surface area contributed by atoms with E-state index in [0.717, 1.165) is 19.4 Å². The Morgan fingerprint density at radius 3 is 2.70 bits per heavy atom. The number of halogens is 1. The highest BCUT2D eigenvalue weighted by Crippen LogP contribution is 2.39. The number of rotatable bonds is 5. The molecule has 0 bridgehead atoms. The molecule has 0 spiro atoms. The van der Waals surface area contributed by atoms with Gasteiger partial charge in [-0.1, -0.05) is 0 Å². The summed E-state index contributed by atoms with van der Waals surface area (Å²) in [5.41, 5.74) is 0.297. The highest BCUT2D eigenvalue weighted by Gasteiger charge is 2.30. The Kier molecular flexibility index (Phi) is 5.24. The molecule has 1 N–H and O–H groups in total. The zero-order chi connectivity index (χ0) is 21.6. The lowest BCUT2D eigenvalue weighted by Gasteiger charge is -2.41. The van der Waals surface area contributed by atoms with E-state index in [1.807, 2.05) is 9.47 Å². The molecule has 1 aliphatic heterocycles. The molecule has 0 amide bonds. The molecule has 2 aromatic rings. The smallest absolute Gasteiger partial charge is 0.341 e. The Morgan fingerprint density at radius 1 is 1.37 bits per heavy atom. The molecule has 8 heteroatoms. The van der Waals surface area contributed by atoms with Gasteiger partial charge in [0.15, 0.2) is 0 Å². The molecule has 1 saturated carbocycles. The number of hydrogen-bond donors (Lipinski definition) is 1. The van der Waals surface area contributed by atoms with Crippen molar-refractivity contribution in [1.29, 1.82) is 5.26 Å². The quantitative estimate of drug-likeness (QED) is 0.812. The van der Waals surface area contributed by atoms with Crippen LogP contribution >= 0.6 is 0 Å². The predicted octanol–water partition coefficient (Wildman–Crippen LogP) is 2.91. The van der Waals surface area contributed by atoms with Gasteiger partial charge in [0.25, 0.3) is 0 Å². The summed E-state index contributed by atoms with van der Waals surface area (Å²) in [6, 6.07) is 4.19. The molecule has 30 heavy (non-hydrogen) atoms. The van der Waals surface area contributed by atoms with Gasteiger partial charge in [-0.25, -0.2) is 9.18 Å². The number of carboxylic acid groups (broad SMARTS) is 1. The Hall–Kier alpha value is -2.92. The number of piperazine rings is 1. The normalized spacial score (nSPS) is 19.8. The summed E-state index contributed by atoms with van der Waals surface area (Å²) in [6.07, 6.45) is 3.70. The Labute approximate surface area is 173 Å². The molecule has 1 saturated heterocycles. The molecule has 7 nitrogen and oxygen atoms in total. The second-order valence-corrected chi connectivity index (χ2v) is 8.28. The minimum atomic E-state index is -1.29. The van der Waals surface area contributed by atoms with Crippen LogP contribution in [0.1, 0.15) is 48.1 Å². The SMILES string of the molecule is Cc1c(F)c(N2CCN(CCC#N)C(C)C2)cc2c1c(=O)c(C(=O)O)cn2C1CC1. The lowest BCUT2D eigenvalue weighted by atomic mass is 10.0. The first-order valence-corrected chi connectivity index (χ1v) is 10.3. The Bertz CT molecular complexity index is 1120. The first kappa shape index (κ1) is 20.4. The molecule has 1 atom stereocenters. The van der Waals surface area contributed by atoms with Gasteiger partial charge >= 0.3 is 5.97 Å². The first-order chi connectivity index (χ1) is 14.3. The van der Waals surface area contributed by atoms with Crippen molar-refractivity contribution in [3.05, 3.63) is 39.4 Å². The molecule has 2 heterocycles. The maximum absolute atomic E-state index is 15.4. The van der Waals surface area contributed by atoms with Crippen LogP contribution in [0.25, 0.3) is 10.9 Å². The number of nitrogens with zero attached hydrogens (tertiary/aromatic N) is 4. The summed E-state index contributed by atoms with van der Waals surface area (Å²) in [4.78, 5) is 28.6. The number of aryl methyl sites for hydroxylation is 1. The van der Waals surface area contributed by atoms with Gasteiger partial charge in [-0.2, -0.15) is 5.26 Å². The summed E-state index contributed by atoms with van der Waals surface area (Å²) in [5, 5.41) is 18.4. The van der Waals surface area contributed by atoms with Crippen molar-refractivity contribution in [2.45, 2.75) is 45.2 Å². The van der Waals surface area contributed by atoms with E-state index in [2.05, 4.69) is 17.9 Å². The molecular formula is C22H25FN4O3. The number of benzene rings is 1. The van der Waals surface area contributed by atoms with Crippen LogP contribution in [0, 0.1) is 24.1 Å². The number of carboxylic acids is 1. The van der Waals surface area contributed by atoms with Gasteiger partial charge in [0.05, 0.1) is 22.7 Å². The molecule has 0 radical (unpaired) electrons. The molecule has 2 fully saturated rings. The molecule has 1 aliphatic carbocycles. The summed E-state index contributed by atoms with van der Waals surface area (Å²) in [5.74, 6) is -1.76. The Morgan fingerprint density at radius 2 is 2.10 bits per heavy atom. The number of pyridine rings is 1. The van der Waals surface area contributed by atoms with E-state index in [1.165, 1.54) is 6.20 Å². The number of fused-ring (bicyclic) bond motifs is 1. The average Bonchev–Trinajstić information content (AvgIpc) is 3.54. The van der Waals surface area contributed by atoms with Crippen LogP contribution in [0.5, 0.6) is 0 Å². The number of carbonyl (C=O) groups is 1. The van der Waals surface area contributed by atoms with Crippen molar-refractivity contribution in [1.82, 2.24) is 9.47 Å². The van der Waals surface area contributed by atoms with Crippen LogP contribution in [-0.4, -0.2) is 52.8 Å². The van der Waals surface area contributed by atoms with Gasteiger partial charge in [-0.3, -0.25) is 9.69 Å². The number of nitriles is 1. The third-order valence-corrected chi connectivity index (χ3v) is 6.26. The Balaban J connectivity index is 1.80. The standard InChI is InChI=1S/C22H25FN4O3/c1-13-11-26(9-8-25(13)7-3-6-24)18-10-17-19(14(2)20(18)23)21(28)16(22(29)30)12-27(17)15-4-5-15/h10,12-13,15H,3-5,7-9,11H2,1-2H3,(H,29,30). The molecule has 2 aliphatic rings. The largest absolute Gasteiger partial charge is 0.477 e. The van der Waals surface area contributed by atoms with Gasteiger partial charge in [0.1, 0.15) is 11.4 Å². The number of aromatic carboxylic acids is 1. The van der Waals surface area contributed by atoms with E-state index in [9.17, 15) is 14.7 Å². The molecule has 158 valence electrons. The van der Waals surface area contributed by atoms with Crippen LogP contribution in [0.4, 0.5) is 10.1 Å². The maximum Gasteiger partial charge on any atom is 0.341 e. The highest BCUT2D eigenvalue weighted by molar-refractivity contribution is 5.95. The van der Waals surface area contributed by atoms with Crippen molar-refractivity contribution in [3.63, 3.8) is 0 Å². The minimum absolute atomic E-state index is 0.144. The van der Waals surface area contributed by atoms with E-state index >= 15 is 4.39 Å². The maximum atomic E-state index is 15.4. The minimum Gasteiger partial charge on any atom is -0.477 e. The van der Waals surface area contributed by atoms with Crippen LogP contribution in [-0.2, 0) is 0 Å². The fourth-order valence-electron chi connectivity index (χ4n) is 4.43. The van der Waals surface area contributed by atoms with E-state index in [1.54, 1.807) is 13.0 Å². The number of aromatic nitrogens is 1. The average molecular weight is 412 g/mol. The van der Waals surface area contributed by atoms with Gasteiger partial charge in [0, 0.05) is 56.4 Å². The van der Waals surface area contributed by atoms with Gasteiger partial charge in [-0.05, 0) is 32.8 Å². The zero-order valence-corrected chi connectivity index (χ0v) is 17.2. The third-order valence-electron chi connectivity index (χ3n) is 6.26. The van der Waals surface area contributed by atoms with E-state index < -0.39 is 17.2 Å². The van der Waals surface area contributed by atoms with Crippen LogP contribution in [0.15, 0.2) is 17.1 Å². The fraction of sp³-hybridized carbons (Fsp3) is 0.500. The molecule has 1 aromatic heterocycles. The number of anilines is 1. The monoisotopic (exact) mass is 412 g/mol. The van der Waals surface area contributed by atoms with Crippen molar-refractivity contribution in [2.24, 2.45) is 0 Å². The van der Waals surface area contributed by atoms with Gasteiger partial charge < -0.3 is 14.6 Å². The van der Waals surface area contributed by atoms with E-state index in [-0.39, 0.29) is 28.6 Å². The molecular weight excluding hydrogens is 387 g/mol. The second-order valence-electron chi connectivity index (χ2n) is 8.28. The third kappa shape index (κ3) is 3.43. The van der Waals surface area contributed by atoms with Gasteiger partial charge in [0.2, 0.25) is 5.43 Å². The van der Waals surface area contributed by atoms with Crippen LogP contribution in [0.2, 0.25) is 0 Å². The number of hydrogen-bond acceptors (Lipinski definition) is 5. The molecule has 1 aromatic carbocycles.